The Morgan fingerprint density at radius 3 is 2.40 bits per heavy atom. The maximum absolute atomic E-state index is 10.5. The number of phenolic OH excluding ortho intramolecular Hbond substituents is 1. The average molecular weight is 339 g/mol. The molecule has 1 N–H and O–H groups in total. The van der Waals surface area contributed by atoms with Crippen LogP contribution in [0.4, 0.5) is 5.82 Å². The van der Waals surface area contributed by atoms with Crippen LogP contribution in [0.15, 0.2) is 36.5 Å². The van der Waals surface area contributed by atoms with Crippen molar-refractivity contribution in [2.75, 3.05) is 31.1 Å². The van der Waals surface area contributed by atoms with Crippen LogP contribution in [-0.4, -0.2) is 41.2 Å². The summed E-state index contributed by atoms with van der Waals surface area (Å²) in [5.74, 6) is 1.50. The normalized spacial score (nSPS) is 16.2. The predicted octanol–water partition coefficient (Wildman–Crippen LogP) is 3.72. The second-order valence-electron chi connectivity index (χ2n) is 8.00. The fourth-order valence-electron chi connectivity index (χ4n) is 3.32. The number of aromatic hydroxyl groups is 1. The van der Waals surface area contributed by atoms with Crippen LogP contribution < -0.4 is 4.90 Å². The van der Waals surface area contributed by atoms with E-state index in [4.69, 9.17) is 0 Å². The first kappa shape index (κ1) is 17.7. The molecule has 4 nitrogen and oxygen atoms in total. The van der Waals surface area contributed by atoms with Crippen molar-refractivity contribution in [3.05, 3.63) is 53.2 Å². The molecule has 0 saturated carbocycles. The van der Waals surface area contributed by atoms with Crippen molar-refractivity contribution in [3.63, 3.8) is 0 Å². The third-order valence-electron chi connectivity index (χ3n) is 4.98. The van der Waals surface area contributed by atoms with E-state index in [1.807, 2.05) is 25.3 Å². The number of hydrogen-bond donors (Lipinski definition) is 1. The average Bonchev–Trinajstić information content (AvgIpc) is 2.59. The Balaban J connectivity index is 1.69. The molecule has 0 bridgehead atoms. The van der Waals surface area contributed by atoms with E-state index in [9.17, 15) is 5.11 Å². The Labute approximate surface area is 151 Å². The van der Waals surface area contributed by atoms with Gasteiger partial charge in [-0.2, -0.15) is 0 Å². The molecule has 134 valence electrons. The molecule has 0 spiro atoms. The first-order valence-electron chi connectivity index (χ1n) is 9.06. The van der Waals surface area contributed by atoms with Crippen LogP contribution in [0.1, 0.15) is 37.5 Å². The van der Waals surface area contributed by atoms with Crippen molar-refractivity contribution in [1.82, 2.24) is 9.88 Å². The highest BCUT2D eigenvalue weighted by Gasteiger charge is 2.21. The third-order valence-corrected chi connectivity index (χ3v) is 4.98. The van der Waals surface area contributed by atoms with Gasteiger partial charge >= 0.3 is 0 Å². The van der Waals surface area contributed by atoms with E-state index in [0.717, 1.165) is 49.7 Å². The van der Waals surface area contributed by atoms with Gasteiger partial charge in [0.05, 0.1) is 0 Å². The number of nitrogens with zero attached hydrogens (tertiary/aromatic N) is 3. The van der Waals surface area contributed by atoms with Gasteiger partial charge in [-0.1, -0.05) is 39.0 Å². The van der Waals surface area contributed by atoms with Crippen LogP contribution in [0.25, 0.3) is 0 Å². The Bertz CT molecular complexity index is 714. The zero-order chi connectivity index (χ0) is 18.0. The van der Waals surface area contributed by atoms with Crippen molar-refractivity contribution in [2.24, 2.45) is 0 Å². The van der Waals surface area contributed by atoms with Gasteiger partial charge < -0.3 is 10.0 Å². The van der Waals surface area contributed by atoms with Crippen LogP contribution in [0.2, 0.25) is 0 Å². The molecule has 0 atom stereocenters. The predicted molar refractivity (Wildman–Crippen MR) is 103 cm³/mol. The Kier molecular flexibility index (Phi) is 5.00. The molecule has 1 aliphatic heterocycles. The molecular formula is C21H29N3O. The summed E-state index contributed by atoms with van der Waals surface area (Å²) in [5, 5.41) is 10.5. The maximum atomic E-state index is 10.5. The van der Waals surface area contributed by atoms with E-state index in [1.54, 1.807) is 0 Å². The largest absolute Gasteiger partial charge is 0.507 e. The van der Waals surface area contributed by atoms with Crippen LogP contribution in [-0.2, 0) is 12.0 Å². The zero-order valence-corrected chi connectivity index (χ0v) is 15.8. The number of hydrogen-bond acceptors (Lipinski definition) is 4. The summed E-state index contributed by atoms with van der Waals surface area (Å²) in [5.41, 5.74) is 3.38. The molecule has 0 radical (unpaired) electrons. The summed E-state index contributed by atoms with van der Waals surface area (Å²) in [6.45, 7) is 13.3. The lowest BCUT2D eigenvalue weighted by Crippen LogP contribution is -2.46. The first-order valence-corrected chi connectivity index (χ1v) is 9.06. The monoisotopic (exact) mass is 339 g/mol. The van der Waals surface area contributed by atoms with Crippen molar-refractivity contribution in [2.45, 2.75) is 39.7 Å². The summed E-state index contributed by atoms with van der Waals surface area (Å²) in [7, 11) is 0. The second-order valence-corrected chi connectivity index (χ2v) is 8.00. The van der Waals surface area contributed by atoms with Crippen LogP contribution in [0.5, 0.6) is 5.75 Å². The lowest BCUT2D eigenvalue weighted by molar-refractivity contribution is 0.246. The Morgan fingerprint density at radius 2 is 1.80 bits per heavy atom. The van der Waals surface area contributed by atoms with Gasteiger partial charge in [-0.15, -0.1) is 0 Å². The molecule has 2 aromatic rings. The summed E-state index contributed by atoms with van der Waals surface area (Å²) in [6.07, 6.45) is 1.85. The number of aryl methyl sites for hydroxylation is 1. The lowest BCUT2D eigenvalue weighted by atomic mass is 9.85. The van der Waals surface area contributed by atoms with Crippen molar-refractivity contribution < 1.29 is 5.11 Å². The number of phenols is 1. The molecule has 1 aromatic heterocycles. The quantitative estimate of drug-likeness (QED) is 0.925. The molecule has 0 unspecified atom stereocenters. The molecule has 1 aliphatic rings. The molecular weight excluding hydrogens is 310 g/mol. The minimum Gasteiger partial charge on any atom is -0.507 e. The molecule has 0 aliphatic carbocycles. The van der Waals surface area contributed by atoms with E-state index < -0.39 is 0 Å². The molecule has 1 saturated heterocycles. The summed E-state index contributed by atoms with van der Waals surface area (Å²) >= 11 is 0. The highest BCUT2D eigenvalue weighted by Crippen LogP contribution is 2.31. The van der Waals surface area contributed by atoms with Crippen molar-refractivity contribution in [3.8, 4) is 5.75 Å². The van der Waals surface area contributed by atoms with E-state index in [-0.39, 0.29) is 5.41 Å². The van der Waals surface area contributed by atoms with Crippen LogP contribution >= 0.6 is 0 Å². The van der Waals surface area contributed by atoms with Crippen LogP contribution in [0, 0.1) is 6.92 Å². The molecule has 1 aromatic carbocycles. The molecule has 4 heteroatoms. The first-order chi connectivity index (χ1) is 11.8. The third kappa shape index (κ3) is 4.13. The van der Waals surface area contributed by atoms with Gasteiger partial charge in [-0.05, 0) is 35.6 Å². The minimum absolute atomic E-state index is 0.0882. The number of aromatic nitrogens is 1. The fourth-order valence-corrected chi connectivity index (χ4v) is 3.32. The van der Waals surface area contributed by atoms with Gasteiger partial charge in [-0.3, -0.25) is 4.90 Å². The molecule has 2 heterocycles. The fraction of sp³-hybridized carbons (Fsp3) is 0.476. The molecule has 1 fully saturated rings. The highest BCUT2D eigenvalue weighted by molar-refractivity contribution is 5.45. The minimum atomic E-state index is 0.0882. The Morgan fingerprint density at radius 1 is 1.08 bits per heavy atom. The zero-order valence-electron chi connectivity index (χ0n) is 15.8. The van der Waals surface area contributed by atoms with Gasteiger partial charge in [-0.25, -0.2) is 4.98 Å². The standard InChI is InChI=1S/C21H29N3O/c1-16-13-18(21(2,3)4)14-17(20(16)25)15-23-9-11-24(12-10-23)19-7-5-6-8-22-19/h5-8,13-14,25H,9-12,15H2,1-4H3. The van der Waals surface area contributed by atoms with Gasteiger partial charge in [0.1, 0.15) is 11.6 Å². The number of anilines is 1. The van der Waals surface area contributed by atoms with E-state index in [2.05, 4.69) is 53.8 Å². The van der Waals surface area contributed by atoms with Gasteiger partial charge in [0, 0.05) is 44.5 Å². The number of rotatable bonds is 3. The topological polar surface area (TPSA) is 39.6 Å². The van der Waals surface area contributed by atoms with Crippen molar-refractivity contribution in [1.29, 1.82) is 0 Å². The van der Waals surface area contributed by atoms with Gasteiger partial charge in [0.15, 0.2) is 0 Å². The number of benzene rings is 1. The smallest absolute Gasteiger partial charge is 0.128 e. The van der Waals surface area contributed by atoms with E-state index in [0.29, 0.717) is 5.75 Å². The maximum Gasteiger partial charge on any atom is 0.128 e. The number of pyridine rings is 1. The summed E-state index contributed by atoms with van der Waals surface area (Å²) in [4.78, 5) is 9.19. The van der Waals surface area contributed by atoms with Gasteiger partial charge in [0.2, 0.25) is 0 Å². The van der Waals surface area contributed by atoms with Crippen LogP contribution in [0.3, 0.4) is 0 Å². The molecule has 0 amide bonds. The van der Waals surface area contributed by atoms with E-state index >= 15 is 0 Å². The summed E-state index contributed by atoms with van der Waals surface area (Å²) < 4.78 is 0. The highest BCUT2D eigenvalue weighted by atomic mass is 16.3. The summed E-state index contributed by atoms with van der Waals surface area (Å²) in [6, 6.07) is 10.3. The number of piperazine rings is 1. The lowest BCUT2D eigenvalue weighted by Gasteiger charge is -2.35. The second kappa shape index (κ2) is 7.04. The molecule has 25 heavy (non-hydrogen) atoms. The molecule has 3 rings (SSSR count). The Hall–Kier alpha value is -2.07. The van der Waals surface area contributed by atoms with Gasteiger partial charge in [0.25, 0.3) is 0 Å². The SMILES string of the molecule is Cc1cc(C(C)(C)C)cc(CN2CCN(c3ccccn3)CC2)c1O. The van der Waals surface area contributed by atoms with Crippen molar-refractivity contribution >= 4 is 5.82 Å². The van der Waals surface area contributed by atoms with E-state index in [1.165, 1.54) is 5.56 Å².